The summed E-state index contributed by atoms with van der Waals surface area (Å²) in [6.45, 7) is 2.65. The first-order valence-corrected chi connectivity index (χ1v) is 9.44. The lowest BCUT2D eigenvalue weighted by molar-refractivity contribution is -0.654. The minimum Gasteiger partial charge on any atom is -0.554 e. The summed E-state index contributed by atoms with van der Waals surface area (Å²) in [6, 6.07) is 7.68. The van der Waals surface area contributed by atoms with Gasteiger partial charge in [-0.05, 0) is 25.1 Å². The van der Waals surface area contributed by atoms with Gasteiger partial charge in [0.15, 0.2) is 28.2 Å². The highest BCUT2D eigenvalue weighted by atomic mass is 16.5. The molecule has 0 bridgehead atoms. The van der Waals surface area contributed by atoms with E-state index in [1.54, 1.807) is 19.4 Å². The van der Waals surface area contributed by atoms with Crippen molar-refractivity contribution in [3.8, 4) is 5.75 Å². The molecule has 0 radical (unpaired) electrons. The van der Waals surface area contributed by atoms with Crippen molar-refractivity contribution in [2.24, 2.45) is 7.05 Å². The Balaban J connectivity index is 0.000000858. The van der Waals surface area contributed by atoms with Crippen LogP contribution in [0.2, 0.25) is 0 Å². The minimum atomic E-state index is -0.500. The summed E-state index contributed by atoms with van der Waals surface area (Å²) in [7, 11) is 3.62. The molecule has 0 fully saturated rings. The fraction of sp³-hybridized carbons (Fsp3) is 0.250. The van der Waals surface area contributed by atoms with Crippen molar-refractivity contribution < 1.29 is 24.0 Å². The third-order valence-electron chi connectivity index (χ3n) is 4.88. The zero-order chi connectivity index (χ0) is 22.5. The number of carbonyl (C=O) groups excluding carboxylic acids is 2. The number of aromatic nitrogens is 5. The van der Waals surface area contributed by atoms with Crippen LogP contribution in [-0.2, 0) is 24.9 Å². The second-order valence-electron chi connectivity index (χ2n) is 6.52. The van der Waals surface area contributed by atoms with Crippen molar-refractivity contribution in [2.75, 3.05) is 12.8 Å². The molecule has 0 spiro atoms. The van der Waals surface area contributed by atoms with E-state index in [2.05, 4.69) is 36.3 Å². The number of aryl methyl sites for hydroxylation is 2. The number of imidazole rings is 1. The molecule has 11 nitrogen and oxygen atoms in total. The van der Waals surface area contributed by atoms with Crippen molar-refractivity contribution in [1.82, 2.24) is 24.8 Å². The highest BCUT2D eigenvalue weighted by molar-refractivity contribution is 5.98. The third kappa shape index (κ3) is 4.10. The zero-order valence-electron chi connectivity index (χ0n) is 17.4. The molecule has 0 unspecified atom stereocenters. The number of methoxy groups -OCH3 is 1. The molecule has 3 aromatic heterocycles. The Labute approximate surface area is 177 Å². The SMILES string of the molecule is CCn1c(CNC(=O)c2nc3cc[nH]c3nc2N)[n+](C)c2ccc(OC)cc21.O=C[O-]. The van der Waals surface area contributed by atoms with Crippen LogP contribution in [0, 0.1) is 0 Å². The molecule has 162 valence electrons. The quantitative estimate of drug-likeness (QED) is 0.291. The molecule has 0 saturated heterocycles. The Morgan fingerprint density at radius 2 is 2.13 bits per heavy atom. The molecular formula is C20H23N7O4. The van der Waals surface area contributed by atoms with E-state index in [9.17, 15) is 4.79 Å². The highest BCUT2D eigenvalue weighted by Gasteiger charge is 2.24. The maximum Gasteiger partial charge on any atom is 0.276 e. The molecule has 11 heteroatoms. The summed E-state index contributed by atoms with van der Waals surface area (Å²) in [5, 5.41) is 11.2. The third-order valence-corrected chi connectivity index (χ3v) is 4.88. The van der Waals surface area contributed by atoms with Crippen LogP contribution in [-0.4, -0.2) is 39.0 Å². The second-order valence-corrected chi connectivity index (χ2v) is 6.52. The fourth-order valence-electron chi connectivity index (χ4n) is 3.45. The van der Waals surface area contributed by atoms with Crippen LogP contribution in [0.4, 0.5) is 5.82 Å². The number of carbonyl (C=O) groups is 2. The Hall–Kier alpha value is -4.15. The highest BCUT2D eigenvalue weighted by Crippen LogP contribution is 2.21. The normalized spacial score (nSPS) is 10.5. The van der Waals surface area contributed by atoms with Gasteiger partial charge in [-0.3, -0.25) is 4.79 Å². The van der Waals surface area contributed by atoms with Crippen molar-refractivity contribution in [1.29, 1.82) is 0 Å². The topological polar surface area (TPSA) is 155 Å². The fourth-order valence-corrected chi connectivity index (χ4v) is 3.45. The molecular weight excluding hydrogens is 402 g/mol. The van der Waals surface area contributed by atoms with Crippen molar-refractivity contribution >= 4 is 40.4 Å². The van der Waals surface area contributed by atoms with Gasteiger partial charge in [-0.1, -0.05) is 0 Å². The Morgan fingerprint density at radius 3 is 2.81 bits per heavy atom. The van der Waals surface area contributed by atoms with Gasteiger partial charge < -0.3 is 30.7 Å². The van der Waals surface area contributed by atoms with E-state index in [1.807, 2.05) is 25.2 Å². The van der Waals surface area contributed by atoms with Crippen LogP contribution in [0.25, 0.3) is 22.2 Å². The lowest BCUT2D eigenvalue weighted by atomic mass is 10.3. The Bertz CT molecular complexity index is 1250. The van der Waals surface area contributed by atoms with Gasteiger partial charge in [0.1, 0.15) is 17.8 Å². The molecule has 0 aliphatic heterocycles. The van der Waals surface area contributed by atoms with Crippen LogP contribution in [0.5, 0.6) is 5.75 Å². The van der Waals surface area contributed by atoms with Crippen LogP contribution in [0.15, 0.2) is 30.5 Å². The first kappa shape index (κ1) is 21.6. The number of rotatable bonds is 5. The zero-order valence-corrected chi connectivity index (χ0v) is 17.4. The van der Waals surface area contributed by atoms with Gasteiger partial charge in [-0.2, -0.15) is 0 Å². The van der Waals surface area contributed by atoms with Crippen molar-refractivity contribution in [3.05, 3.63) is 42.0 Å². The maximum absolute atomic E-state index is 12.7. The average Bonchev–Trinajstić information content (AvgIpc) is 3.32. The summed E-state index contributed by atoms with van der Waals surface area (Å²) in [5.74, 6) is 1.48. The lowest BCUT2D eigenvalue weighted by Gasteiger charge is -2.06. The Kier molecular flexibility index (Phi) is 6.34. The molecule has 4 aromatic rings. The van der Waals surface area contributed by atoms with E-state index in [-0.39, 0.29) is 17.4 Å². The molecule has 0 aliphatic carbocycles. The molecule has 1 aromatic carbocycles. The van der Waals surface area contributed by atoms with Gasteiger partial charge in [0.2, 0.25) is 0 Å². The number of fused-ring (bicyclic) bond motifs is 2. The van der Waals surface area contributed by atoms with Crippen molar-refractivity contribution in [2.45, 2.75) is 20.0 Å². The van der Waals surface area contributed by atoms with Crippen LogP contribution in [0.1, 0.15) is 23.2 Å². The second kappa shape index (κ2) is 9.11. The summed E-state index contributed by atoms with van der Waals surface area (Å²) in [5.41, 5.74) is 9.29. The smallest absolute Gasteiger partial charge is 0.276 e. The van der Waals surface area contributed by atoms with E-state index < -0.39 is 6.47 Å². The van der Waals surface area contributed by atoms with Crippen LogP contribution >= 0.6 is 0 Å². The molecule has 0 aliphatic rings. The van der Waals surface area contributed by atoms with Gasteiger partial charge in [-0.15, -0.1) is 0 Å². The Morgan fingerprint density at radius 1 is 1.39 bits per heavy atom. The van der Waals surface area contributed by atoms with Crippen LogP contribution in [0.3, 0.4) is 0 Å². The first-order valence-electron chi connectivity index (χ1n) is 9.44. The monoisotopic (exact) mass is 425 g/mol. The van der Waals surface area contributed by atoms with Crippen LogP contribution < -0.4 is 25.5 Å². The summed E-state index contributed by atoms with van der Waals surface area (Å²) < 4.78 is 9.54. The first-order chi connectivity index (χ1) is 14.9. The predicted molar refractivity (Wildman–Crippen MR) is 111 cm³/mol. The largest absolute Gasteiger partial charge is 0.554 e. The molecule has 0 atom stereocenters. The molecule has 4 rings (SSSR count). The number of nitrogens with one attached hydrogen (secondary N) is 2. The lowest BCUT2D eigenvalue weighted by Crippen LogP contribution is -2.38. The number of nitrogens with zero attached hydrogens (tertiary/aromatic N) is 4. The molecule has 4 N–H and O–H groups in total. The number of amides is 1. The number of ether oxygens (including phenoxy) is 1. The van der Waals surface area contributed by atoms with Gasteiger partial charge in [0.05, 0.1) is 20.7 Å². The number of hydrogen-bond donors (Lipinski definition) is 3. The van der Waals surface area contributed by atoms with Crippen molar-refractivity contribution in [3.63, 3.8) is 0 Å². The number of nitrogens with two attached hydrogens (primary N) is 1. The molecule has 31 heavy (non-hydrogen) atoms. The number of carboxylic acid groups (broad SMARTS) is 1. The standard InChI is InChI=1S/C19H21N7O2.CH2O2/c1-4-26-14-9-11(28-3)5-6-13(14)25(2)15(26)10-22-19(27)16-17(20)24-18-12(23-16)7-8-21-18;2-1-3/h5-9H,4,10H2,1-3H3,(H3-,20,21,22,23,24,27);1H,(H,2,3). The van der Waals surface area contributed by atoms with Gasteiger partial charge >= 0.3 is 0 Å². The predicted octanol–water partition coefficient (Wildman–Crippen LogP) is -0.356. The van der Waals surface area contributed by atoms with Gasteiger partial charge in [0, 0.05) is 18.7 Å². The van der Waals surface area contributed by atoms with E-state index >= 15 is 0 Å². The maximum atomic E-state index is 12.7. The number of H-pyrrole nitrogens is 1. The summed E-state index contributed by atoms with van der Waals surface area (Å²) in [4.78, 5) is 32.4. The minimum absolute atomic E-state index is 0.0950. The number of aromatic amines is 1. The van der Waals surface area contributed by atoms with E-state index in [0.29, 0.717) is 17.7 Å². The van der Waals surface area contributed by atoms with Gasteiger partial charge in [0.25, 0.3) is 11.7 Å². The van der Waals surface area contributed by atoms with E-state index in [0.717, 1.165) is 29.2 Å². The van der Waals surface area contributed by atoms with E-state index in [1.165, 1.54) is 0 Å². The number of anilines is 1. The molecule has 3 heterocycles. The molecule has 0 saturated carbocycles. The van der Waals surface area contributed by atoms with Gasteiger partial charge in [-0.25, -0.2) is 19.1 Å². The van der Waals surface area contributed by atoms with E-state index in [4.69, 9.17) is 20.4 Å². The summed E-state index contributed by atoms with van der Waals surface area (Å²) >= 11 is 0. The number of nitrogen functional groups attached to an aromatic ring is 1. The molecule has 1 amide bonds. The number of benzene rings is 1. The summed E-state index contributed by atoms with van der Waals surface area (Å²) in [6.07, 6.45) is 1.71. The average molecular weight is 425 g/mol. The number of hydrogen-bond acceptors (Lipinski definition) is 7.